The van der Waals surface area contributed by atoms with Crippen LogP contribution < -0.4 is 20.2 Å². The predicted octanol–water partition coefficient (Wildman–Crippen LogP) is 3.91. The molecule has 0 heterocycles. The standard InChI is InChI=1S/C23H27N3O4S/c1-4-7-19-12-17(14-25-26-23(31)24-5-2)13-20(29-6-3)21(19)30-15-16-8-10-18(11-9-16)22(27)28/h4,8-14H,1,5-7,15H2,2-3H3,(H,27,28)(H2,24,26,31)/b25-14-. The number of hydrogen-bond acceptors (Lipinski definition) is 5. The van der Waals surface area contributed by atoms with Gasteiger partial charge < -0.3 is 19.9 Å². The van der Waals surface area contributed by atoms with Crippen molar-refractivity contribution in [1.82, 2.24) is 10.7 Å². The van der Waals surface area contributed by atoms with Crippen LogP contribution in [0, 0.1) is 0 Å². The SMILES string of the molecule is C=CCc1cc(/C=N\NC(=S)NCC)cc(OCC)c1OCc1ccc(C(=O)O)cc1. The molecule has 164 valence electrons. The predicted molar refractivity (Wildman–Crippen MR) is 126 cm³/mol. The average Bonchev–Trinajstić information content (AvgIpc) is 2.74. The molecule has 2 aromatic carbocycles. The number of aromatic carboxylic acids is 1. The summed E-state index contributed by atoms with van der Waals surface area (Å²) in [5, 5.41) is 16.6. The molecule has 0 unspecified atom stereocenters. The number of carbonyl (C=O) groups is 1. The number of carboxylic acid groups (broad SMARTS) is 1. The van der Waals surface area contributed by atoms with Crippen LogP contribution in [0.3, 0.4) is 0 Å². The summed E-state index contributed by atoms with van der Waals surface area (Å²) in [7, 11) is 0. The summed E-state index contributed by atoms with van der Waals surface area (Å²) >= 11 is 5.10. The van der Waals surface area contributed by atoms with E-state index in [1.54, 1.807) is 36.6 Å². The Morgan fingerprint density at radius 2 is 1.97 bits per heavy atom. The maximum Gasteiger partial charge on any atom is 0.335 e. The molecule has 0 amide bonds. The normalized spacial score (nSPS) is 10.5. The van der Waals surface area contributed by atoms with Crippen molar-refractivity contribution < 1.29 is 19.4 Å². The van der Waals surface area contributed by atoms with Crippen LogP contribution in [0.5, 0.6) is 11.5 Å². The fraction of sp³-hybridized carbons (Fsp3) is 0.261. The number of benzene rings is 2. The molecule has 0 radical (unpaired) electrons. The monoisotopic (exact) mass is 441 g/mol. The summed E-state index contributed by atoms with van der Waals surface area (Å²) in [5.41, 5.74) is 5.57. The zero-order valence-electron chi connectivity index (χ0n) is 17.7. The number of thiocarbonyl (C=S) groups is 1. The molecule has 7 nitrogen and oxygen atoms in total. The van der Waals surface area contributed by atoms with Gasteiger partial charge in [-0.1, -0.05) is 18.2 Å². The van der Waals surface area contributed by atoms with Gasteiger partial charge in [0.25, 0.3) is 0 Å². The molecule has 0 saturated heterocycles. The number of allylic oxidation sites excluding steroid dienone is 1. The second-order valence-corrected chi connectivity index (χ2v) is 6.86. The Bertz CT molecular complexity index is 943. The third-order valence-corrected chi connectivity index (χ3v) is 4.35. The first-order valence-electron chi connectivity index (χ1n) is 9.91. The molecule has 2 rings (SSSR count). The van der Waals surface area contributed by atoms with Gasteiger partial charge in [0.2, 0.25) is 0 Å². The second-order valence-electron chi connectivity index (χ2n) is 6.45. The Balaban J connectivity index is 2.25. The Morgan fingerprint density at radius 3 is 2.58 bits per heavy atom. The molecule has 8 heteroatoms. The number of rotatable bonds is 11. The largest absolute Gasteiger partial charge is 0.490 e. The zero-order chi connectivity index (χ0) is 22.6. The van der Waals surface area contributed by atoms with E-state index in [0.29, 0.717) is 36.2 Å². The fourth-order valence-electron chi connectivity index (χ4n) is 2.76. The summed E-state index contributed by atoms with van der Waals surface area (Å²) < 4.78 is 11.9. The van der Waals surface area contributed by atoms with Crippen molar-refractivity contribution in [1.29, 1.82) is 0 Å². The van der Waals surface area contributed by atoms with Crippen molar-refractivity contribution in [2.45, 2.75) is 26.9 Å². The van der Waals surface area contributed by atoms with Crippen LogP contribution in [0.1, 0.15) is 40.9 Å². The summed E-state index contributed by atoms with van der Waals surface area (Å²) in [5.74, 6) is 0.259. The van der Waals surface area contributed by atoms with E-state index in [2.05, 4.69) is 22.4 Å². The molecule has 0 saturated carbocycles. The number of nitrogens with zero attached hydrogens (tertiary/aromatic N) is 1. The van der Waals surface area contributed by atoms with Gasteiger partial charge in [-0.25, -0.2) is 4.79 Å². The first kappa shape index (κ1) is 23.9. The highest BCUT2D eigenvalue weighted by atomic mass is 32.1. The van der Waals surface area contributed by atoms with E-state index in [1.807, 2.05) is 26.0 Å². The number of carboxylic acids is 1. The van der Waals surface area contributed by atoms with Crippen LogP contribution in [-0.2, 0) is 13.0 Å². The third kappa shape index (κ3) is 7.42. The Hall–Kier alpha value is -3.39. The number of ether oxygens (including phenoxy) is 2. The molecule has 0 aromatic heterocycles. The lowest BCUT2D eigenvalue weighted by atomic mass is 10.1. The van der Waals surface area contributed by atoms with E-state index in [4.69, 9.17) is 26.8 Å². The maximum atomic E-state index is 11.0. The highest BCUT2D eigenvalue weighted by Crippen LogP contribution is 2.34. The van der Waals surface area contributed by atoms with Gasteiger partial charge in [0.1, 0.15) is 6.61 Å². The van der Waals surface area contributed by atoms with Gasteiger partial charge in [-0.3, -0.25) is 5.43 Å². The summed E-state index contributed by atoms with van der Waals surface area (Å²) in [4.78, 5) is 11.0. The van der Waals surface area contributed by atoms with Crippen molar-refractivity contribution in [2.24, 2.45) is 5.10 Å². The lowest BCUT2D eigenvalue weighted by Gasteiger charge is -2.17. The fourth-order valence-corrected chi connectivity index (χ4v) is 2.95. The summed E-state index contributed by atoms with van der Waals surface area (Å²) in [6.45, 7) is 9.14. The molecule has 0 aliphatic carbocycles. The van der Waals surface area contributed by atoms with Crippen molar-refractivity contribution in [2.75, 3.05) is 13.2 Å². The Kier molecular flexibility index (Phi) is 9.51. The molecule has 0 fully saturated rings. The van der Waals surface area contributed by atoms with Gasteiger partial charge in [0.15, 0.2) is 16.6 Å². The van der Waals surface area contributed by atoms with Crippen LogP contribution in [0.25, 0.3) is 0 Å². The van der Waals surface area contributed by atoms with Gasteiger partial charge in [0, 0.05) is 12.1 Å². The molecule has 31 heavy (non-hydrogen) atoms. The van der Waals surface area contributed by atoms with Crippen molar-refractivity contribution >= 4 is 29.5 Å². The lowest BCUT2D eigenvalue weighted by molar-refractivity contribution is 0.0697. The van der Waals surface area contributed by atoms with Gasteiger partial charge in [-0.05, 0) is 67.9 Å². The quantitative estimate of drug-likeness (QED) is 0.211. The van der Waals surface area contributed by atoms with E-state index in [-0.39, 0.29) is 12.2 Å². The summed E-state index contributed by atoms with van der Waals surface area (Å²) in [6.07, 6.45) is 4.03. The van der Waals surface area contributed by atoms with Gasteiger partial charge in [-0.15, -0.1) is 6.58 Å². The highest BCUT2D eigenvalue weighted by Gasteiger charge is 2.13. The van der Waals surface area contributed by atoms with Crippen LogP contribution in [0.15, 0.2) is 54.2 Å². The molecule has 3 N–H and O–H groups in total. The first-order chi connectivity index (χ1) is 15.0. The Morgan fingerprint density at radius 1 is 1.23 bits per heavy atom. The molecule has 0 spiro atoms. The van der Waals surface area contributed by atoms with Crippen LogP contribution in [0.4, 0.5) is 0 Å². The van der Waals surface area contributed by atoms with Gasteiger partial charge >= 0.3 is 5.97 Å². The average molecular weight is 442 g/mol. The second kappa shape index (κ2) is 12.3. The zero-order valence-corrected chi connectivity index (χ0v) is 18.5. The molecule has 0 atom stereocenters. The van der Waals surface area contributed by atoms with Gasteiger partial charge in [-0.2, -0.15) is 5.10 Å². The maximum absolute atomic E-state index is 11.0. The minimum atomic E-state index is -0.961. The smallest absolute Gasteiger partial charge is 0.335 e. The van der Waals surface area contributed by atoms with E-state index in [1.165, 1.54) is 0 Å². The molecule has 0 bridgehead atoms. The van der Waals surface area contributed by atoms with Crippen molar-refractivity contribution in [3.05, 3.63) is 71.3 Å². The molecule has 0 aliphatic rings. The minimum absolute atomic E-state index is 0.233. The van der Waals surface area contributed by atoms with Crippen LogP contribution >= 0.6 is 12.2 Å². The van der Waals surface area contributed by atoms with Crippen molar-refractivity contribution in [3.63, 3.8) is 0 Å². The van der Waals surface area contributed by atoms with Crippen molar-refractivity contribution in [3.8, 4) is 11.5 Å². The van der Waals surface area contributed by atoms with E-state index in [9.17, 15) is 4.79 Å². The lowest BCUT2D eigenvalue weighted by Crippen LogP contribution is -2.31. The topological polar surface area (TPSA) is 92.2 Å². The summed E-state index contributed by atoms with van der Waals surface area (Å²) in [6, 6.07) is 10.4. The van der Waals surface area contributed by atoms with E-state index < -0.39 is 5.97 Å². The van der Waals surface area contributed by atoms with Crippen LogP contribution in [-0.4, -0.2) is 35.6 Å². The molecule has 2 aromatic rings. The molecular weight excluding hydrogens is 414 g/mol. The van der Waals surface area contributed by atoms with Crippen LogP contribution in [0.2, 0.25) is 0 Å². The minimum Gasteiger partial charge on any atom is -0.490 e. The number of hydrazone groups is 1. The first-order valence-corrected chi connectivity index (χ1v) is 10.3. The molecular formula is C23H27N3O4S. The highest BCUT2D eigenvalue weighted by molar-refractivity contribution is 7.80. The Labute approximate surface area is 187 Å². The number of hydrogen-bond donors (Lipinski definition) is 3. The molecule has 0 aliphatic heterocycles. The van der Waals surface area contributed by atoms with E-state index in [0.717, 1.165) is 16.7 Å². The number of nitrogens with one attached hydrogen (secondary N) is 2. The van der Waals surface area contributed by atoms with E-state index >= 15 is 0 Å². The van der Waals surface area contributed by atoms with Gasteiger partial charge in [0.05, 0.1) is 18.4 Å². The third-order valence-electron chi connectivity index (χ3n) is 4.12.